The molecule has 128 valence electrons. The van der Waals surface area contributed by atoms with Crippen LogP contribution in [0.2, 0.25) is 0 Å². The summed E-state index contributed by atoms with van der Waals surface area (Å²) in [6, 6.07) is 1.70. The highest BCUT2D eigenvalue weighted by Crippen LogP contribution is 2.33. The largest absolute Gasteiger partial charge is 0.416 e. The smallest absolute Gasteiger partial charge is 0.348 e. The van der Waals surface area contributed by atoms with Gasteiger partial charge in [-0.3, -0.25) is 14.9 Å². The molecule has 2 N–H and O–H groups in total. The number of carbonyl (C=O) groups is 1. The zero-order valence-electron chi connectivity index (χ0n) is 11.9. The molecule has 1 aromatic carbocycles. The van der Waals surface area contributed by atoms with E-state index in [9.17, 15) is 28.1 Å². The summed E-state index contributed by atoms with van der Waals surface area (Å²) in [6.07, 6.45) is -3.14. The average molecular weight is 354 g/mol. The van der Waals surface area contributed by atoms with E-state index in [1.54, 1.807) is 0 Å². The molecule has 2 rings (SSSR count). The van der Waals surface area contributed by atoms with E-state index in [4.69, 9.17) is 0 Å². The number of benzene rings is 1. The van der Waals surface area contributed by atoms with Gasteiger partial charge in [-0.15, -0.1) is 12.4 Å². The van der Waals surface area contributed by atoms with Gasteiger partial charge in [-0.05, 0) is 31.5 Å². The van der Waals surface area contributed by atoms with Crippen LogP contribution in [0.4, 0.5) is 18.9 Å². The van der Waals surface area contributed by atoms with Gasteiger partial charge in [0.15, 0.2) is 0 Å². The zero-order chi connectivity index (χ0) is 16.3. The highest BCUT2D eigenvalue weighted by Gasteiger charge is 2.34. The van der Waals surface area contributed by atoms with Crippen molar-refractivity contribution in [1.29, 1.82) is 0 Å². The van der Waals surface area contributed by atoms with Crippen molar-refractivity contribution >= 4 is 24.0 Å². The molecule has 10 heteroatoms. The lowest BCUT2D eigenvalue weighted by Crippen LogP contribution is -2.45. The minimum Gasteiger partial charge on any atom is -0.348 e. The number of hydrogen-bond donors (Lipinski definition) is 2. The Bertz CT molecular complexity index is 590. The van der Waals surface area contributed by atoms with Crippen LogP contribution in [-0.2, 0) is 6.18 Å². The molecule has 1 saturated heterocycles. The van der Waals surface area contributed by atoms with Crippen molar-refractivity contribution in [3.8, 4) is 0 Å². The van der Waals surface area contributed by atoms with Crippen LogP contribution in [0, 0.1) is 10.1 Å². The van der Waals surface area contributed by atoms with Gasteiger partial charge in [-0.1, -0.05) is 0 Å². The number of amides is 1. The Kier molecular flexibility index (Phi) is 6.34. The topological polar surface area (TPSA) is 84.3 Å². The van der Waals surface area contributed by atoms with E-state index in [0.29, 0.717) is 25.1 Å². The second kappa shape index (κ2) is 7.60. The molecule has 1 aliphatic rings. The molecule has 0 aliphatic carbocycles. The second-order valence-electron chi connectivity index (χ2n) is 5.00. The van der Waals surface area contributed by atoms with Crippen LogP contribution in [0.3, 0.4) is 0 Å². The van der Waals surface area contributed by atoms with Crippen LogP contribution in [0.1, 0.15) is 28.8 Å². The number of halogens is 4. The standard InChI is InChI=1S/C13H14F3N3O3.ClH/c14-13(15,16)8-3-4-10(11(6-8)19(21)22)12(20)18-9-2-1-5-17-7-9;/h3-4,6,9,17H,1-2,5,7H2,(H,18,20);1H/t9-;/m0./s1. The minimum absolute atomic E-state index is 0. The molecule has 0 radical (unpaired) electrons. The van der Waals surface area contributed by atoms with Crippen molar-refractivity contribution < 1.29 is 22.9 Å². The SMILES string of the molecule is Cl.O=C(N[C@H]1CCCNC1)c1ccc(C(F)(F)F)cc1[N+](=O)[O-]. The van der Waals surface area contributed by atoms with Gasteiger partial charge in [-0.2, -0.15) is 13.2 Å². The van der Waals surface area contributed by atoms with Gasteiger partial charge < -0.3 is 10.6 Å². The number of nitro groups is 1. The quantitative estimate of drug-likeness (QED) is 0.646. The molecule has 0 aromatic heterocycles. The Labute approximate surface area is 136 Å². The first-order valence-corrected chi connectivity index (χ1v) is 6.66. The highest BCUT2D eigenvalue weighted by molar-refractivity contribution is 5.98. The van der Waals surface area contributed by atoms with Gasteiger partial charge >= 0.3 is 6.18 Å². The first kappa shape index (κ1) is 19.2. The molecule has 0 saturated carbocycles. The van der Waals surface area contributed by atoms with Crippen molar-refractivity contribution in [2.45, 2.75) is 25.1 Å². The molecular formula is C13H15ClF3N3O3. The second-order valence-corrected chi connectivity index (χ2v) is 5.00. The fourth-order valence-corrected chi connectivity index (χ4v) is 2.29. The first-order valence-electron chi connectivity index (χ1n) is 6.66. The summed E-state index contributed by atoms with van der Waals surface area (Å²) in [5, 5.41) is 16.6. The Morgan fingerprint density at radius 3 is 2.61 bits per heavy atom. The number of nitrogens with zero attached hydrogens (tertiary/aromatic N) is 1. The van der Waals surface area contributed by atoms with Gasteiger partial charge in [0, 0.05) is 18.7 Å². The van der Waals surface area contributed by atoms with Gasteiger partial charge in [-0.25, -0.2) is 0 Å². The molecule has 1 atom stereocenters. The van der Waals surface area contributed by atoms with Gasteiger partial charge in [0.25, 0.3) is 11.6 Å². The summed E-state index contributed by atoms with van der Waals surface area (Å²) >= 11 is 0. The van der Waals surface area contributed by atoms with E-state index in [-0.39, 0.29) is 24.0 Å². The third kappa shape index (κ3) is 4.80. The maximum atomic E-state index is 12.6. The Hall–Kier alpha value is -1.87. The predicted molar refractivity (Wildman–Crippen MR) is 78.7 cm³/mol. The molecule has 0 bridgehead atoms. The highest BCUT2D eigenvalue weighted by atomic mass is 35.5. The molecule has 6 nitrogen and oxygen atoms in total. The molecular weight excluding hydrogens is 339 g/mol. The summed E-state index contributed by atoms with van der Waals surface area (Å²) in [5.41, 5.74) is -2.38. The van der Waals surface area contributed by atoms with Gasteiger partial charge in [0.1, 0.15) is 5.56 Å². The molecule has 1 heterocycles. The molecule has 23 heavy (non-hydrogen) atoms. The number of hydrogen-bond acceptors (Lipinski definition) is 4. The van der Waals surface area contributed by atoms with E-state index >= 15 is 0 Å². The van der Waals surface area contributed by atoms with Crippen LogP contribution >= 0.6 is 12.4 Å². The van der Waals surface area contributed by atoms with Crippen molar-refractivity contribution in [1.82, 2.24) is 10.6 Å². The van der Waals surface area contributed by atoms with E-state index in [1.807, 2.05) is 0 Å². The number of alkyl halides is 3. The maximum Gasteiger partial charge on any atom is 0.416 e. The minimum atomic E-state index is -4.70. The summed E-state index contributed by atoms with van der Waals surface area (Å²) in [4.78, 5) is 22.0. The lowest BCUT2D eigenvalue weighted by molar-refractivity contribution is -0.385. The van der Waals surface area contributed by atoms with Gasteiger partial charge in [0.05, 0.1) is 10.5 Å². The lowest BCUT2D eigenvalue weighted by atomic mass is 10.0. The average Bonchev–Trinajstić information content (AvgIpc) is 2.46. The summed E-state index contributed by atoms with van der Waals surface area (Å²) in [7, 11) is 0. The van der Waals surface area contributed by atoms with E-state index in [2.05, 4.69) is 10.6 Å². The molecule has 1 fully saturated rings. The maximum absolute atomic E-state index is 12.6. The molecule has 1 aliphatic heterocycles. The van der Waals surface area contributed by atoms with E-state index in [1.165, 1.54) is 0 Å². The van der Waals surface area contributed by atoms with E-state index < -0.39 is 28.3 Å². The van der Waals surface area contributed by atoms with Crippen LogP contribution in [0.5, 0.6) is 0 Å². The number of rotatable bonds is 3. The first-order chi connectivity index (χ1) is 10.3. The van der Waals surface area contributed by atoms with Gasteiger partial charge in [0.2, 0.25) is 0 Å². The molecule has 0 spiro atoms. The predicted octanol–water partition coefficient (Wildman–Crippen LogP) is 2.52. The lowest BCUT2D eigenvalue weighted by Gasteiger charge is -2.23. The van der Waals surface area contributed by atoms with Crippen molar-refractivity contribution in [2.75, 3.05) is 13.1 Å². The fourth-order valence-electron chi connectivity index (χ4n) is 2.29. The third-order valence-electron chi connectivity index (χ3n) is 3.40. The Morgan fingerprint density at radius 2 is 2.09 bits per heavy atom. The number of piperidine rings is 1. The van der Waals surface area contributed by atoms with Crippen molar-refractivity contribution in [2.24, 2.45) is 0 Å². The Morgan fingerprint density at radius 1 is 1.39 bits per heavy atom. The third-order valence-corrected chi connectivity index (χ3v) is 3.40. The fraction of sp³-hybridized carbons (Fsp3) is 0.462. The number of carbonyl (C=O) groups excluding carboxylic acids is 1. The Balaban J connectivity index is 0.00000264. The van der Waals surface area contributed by atoms with Crippen LogP contribution in [-0.4, -0.2) is 30.0 Å². The zero-order valence-corrected chi connectivity index (χ0v) is 12.7. The van der Waals surface area contributed by atoms with Crippen LogP contribution < -0.4 is 10.6 Å². The molecule has 1 amide bonds. The molecule has 0 unspecified atom stereocenters. The summed E-state index contributed by atoms with van der Waals surface area (Å²) < 4.78 is 37.8. The van der Waals surface area contributed by atoms with E-state index in [0.717, 1.165) is 19.0 Å². The van der Waals surface area contributed by atoms with Crippen LogP contribution in [0.25, 0.3) is 0 Å². The number of nitro benzene ring substituents is 1. The summed E-state index contributed by atoms with van der Waals surface area (Å²) in [6.45, 7) is 1.35. The molecule has 1 aromatic rings. The normalized spacial score (nSPS) is 18.0. The number of nitrogens with one attached hydrogen (secondary N) is 2. The monoisotopic (exact) mass is 353 g/mol. The van der Waals surface area contributed by atoms with Crippen molar-refractivity contribution in [3.05, 3.63) is 39.4 Å². The van der Waals surface area contributed by atoms with Crippen molar-refractivity contribution in [3.63, 3.8) is 0 Å². The summed E-state index contributed by atoms with van der Waals surface area (Å²) in [5.74, 6) is -0.742. The van der Waals surface area contributed by atoms with Crippen LogP contribution in [0.15, 0.2) is 18.2 Å².